The SMILES string of the molecule is Cc1cnccc1NC(=O)NC1(c2cccc(OC(F)(F)F)c2)CC1. The van der Waals surface area contributed by atoms with Crippen molar-refractivity contribution < 1.29 is 22.7 Å². The van der Waals surface area contributed by atoms with Gasteiger partial charge in [0.2, 0.25) is 0 Å². The molecular weight excluding hydrogens is 335 g/mol. The summed E-state index contributed by atoms with van der Waals surface area (Å²) in [7, 11) is 0. The topological polar surface area (TPSA) is 63.2 Å². The molecule has 1 aromatic heterocycles. The average molecular weight is 351 g/mol. The summed E-state index contributed by atoms with van der Waals surface area (Å²) >= 11 is 0. The number of rotatable bonds is 4. The minimum Gasteiger partial charge on any atom is -0.406 e. The van der Waals surface area contributed by atoms with Crippen LogP contribution in [0.4, 0.5) is 23.7 Å². The number of hydrogen-bond acceptors (Lipinski definition) is 3. The second-order valence-electron chi connectivity index (χ2n) is 5.93. The normalized spacial score (nSPS) is 15.4. The maximum absolute atomic E-state index is 12.4. The summed E-state index contributed by atoms with van der Waals surface area (Å²) in [6, 6.07) is 6.93. The fraction of sp³-hybridized carbons (Fsp3) is 0.294. The largest absolute Gasteiger partial charge is 0.573 e. The molecule has 8 heteroatoms. The average Bonchev–Trinajstić information content (AvgIpc) is 3.29. The number of ether oxygens (including phenoxy) is 1. The van der Waals surface area contributed by atoms with Gasteiger partial charge in [0.1, 0.15) is 5.75 Å². The van der Waals surface area contributed by atoms with E-state index in [1.165, 1.54) is 18.2 Å². The molecule has 1 aliphatic carbocycles. The molecule has 1 aromatic carbocycles. The number of nitrogens with one attached hydrogen (secondary N) is 2. The molecule has 2 amide bonds. The lowest BCUT2D eigenvalue weighted by Gasteiger charge is -2.20. The zero-order chi connectivity index (χ0) is 18.1. The lowest BCUT2D eigenvalue weighted by Crippen LogP contribution is -2.38. The summed E-state index contributed by atoms with van der Waals surface area (Å²) in [5, 5.41) is 5.57. The highest BCUT2D eigenvalue weighted by molar-refractivity contribution is 5.90. The van der Waals surface area contributed by atoms with Crippen molar-refractivity contribution in [2.75, 3.05) is 5.32 Å². The van der Waals surface area contributed by atoms with Gasteiger partial charge in [-0.1, -0.05) is 12.1 Å². The molecule has 3 rings (SSSR count). The molecular formula is C17H16F3N3O2. The fourth-order valence-electron chi connectivity index (χ4n) is 2.59. The zero-order valence-electron chi connectivity index (χ0n) is 13.4. The molecule has 132 valence electrons. The summed E-state index contributed by atoms with van der Waals surface area (Å²) in [4.78, 5) is 16.2. The monoisotopic (exact) mass is 351 g/mol. The van der Waals surface area contributed by atoms with Gasteiger partial charge >= 0.3 is 12.4 Å². The Kier molecular flexibility index (Phi) is 4.28. The molecule has 0 unspecified atom stereocenters. The second-order valence-corrected chi connectivity index (χ2v) is 5.93. The standard InChI is InChI=1S/C17H16F3N3O2/c1-11-10-21-8-5-14(11)22-15(24)23-16(6-7-16)12-3-2-4-13(9-12)25-17(18,19)20/h2-5,8-10H,6-7H2,1H3,(H2,21,22,23,24). The van der Waals surface area contributed by atoms with Crippen molar-refractivity contribution in [2.45, 2.75) is 31.7 Å². The van der Waals surface area contributed by atoms with E-state index in [0.29, 0.717) is 24.1 Å². The fourth-order valence-corrected chi connectivity index (χ4v) is 2.59. The molecule has 2 aromatic rings. The Labute approximate surface area is 142 Å². The van der Waals surface area contributed by atoms with Gasteiger partial charge in [-0.3, -0.25) is 4.98 Å². The van der Waals surface area contributed by atoms with Gasteiger partial charge in [0.25, 0.3) is 0 Å². The van der Waals surface area contributed by atoms with Crippen molar-refractivity contribution in [3.05, 3.63) is 53.9 Å². The van der Waals surface area contributed by atoms with Crippen LogP contribution in [-0.2, 0) is 5.54 Å². The Balaban J connectivity index is 1.71. The molecule has 0 bridgehead atoms. The van der Waals surface area contributed by atoms with Crippen LogP contribution in [0.5, 0.6) is 5.75 Å². The molecule has 5 nitrogen and oxygen atoms in total. The van der Waals surface area contributed by atoms with Gasteiger partial charge in [-0.25, -0.2) is 4.79 Å². The maximum atomic E-state index is 12.4. The number of aromatic nitrogens is 1. The molecule has 0 radical (unpaired) electrons. The molecule has 0 spiro atoms. The van der Waals surface area contributed by atoms with Gasteiger partial charge in [0.05, 0.1) is 5.54 Å². The van der Waals surface area contributed by atoms with Crippen molar-refractivity contribution in [1.82, 2.24) is 10.3 Å². The number of carbonyl (C=O) groups is 1. The number of alkyl halides is 3. The number of hydrogen-bond donors (Lipinski definition) is 2. The predicted octanol–water partition coefficient (Wildman–Crippen LogP) is 4.10. The van der Waals surface area contributed by atoms with Crippen LogP contribution in [0.15, 0.2) is 42.7 Å². The number of amides is 2. The van der Waals surface area contributed by atoms with Crippen LogP contribution < -0.4 is 15.4 Å². The van der Waals surface area contributed by atoms with Crippen LogP contribution in [0.25, 0.3) is 0 Å². The molecule has 1 aliphatic rings. The minimum absolute atomic E-state index is 0.302. The van der Waals surface area contributed by atoms with E-state index < -0.39 is 17.9 Å². The number of benzene rings is 1. The van der Waals surface area contributed by atoms with Crippen LogP contribution in [0, 0.1) is 6.92 Å². The quantitative estimate of drug-likeness (QED) is 0.872. The lowest BCUT2D eigenvalue weighted by atomic mass is 10.0. The molecule has 1 fully saturated rings. The highest BCUT2D eigenvalue weighted by Crippen LogP contribution is 2.46. The van der Waals surface area contributed by atoms with Crippen molar-refractivity contribution >= 4 is 11.7 Å². The van der Waals surface area contributed by atoms with Crippen LogP contribution in [-0.4, -0.2) is 17.4 Å². The van der Waals surface area contributed by atoms with Gasteiger partial charge in [-0.05, 0) is 49.1 Å². The molecule has 2 N–H and O–H groups in total. The Hall–Kier alpha value is -2.77. The van der Waals surface area contributed by atoms with Crippen molar-refractivity contribution in [1.29, 1.82) is 0 Å². The summed E-state index contributed by atoms with van der Waals surface area (Å²) < 4.78 is 41.1. The van der Waals surface area contributed by atoms with Gasteiger partial charge in [-0.15, -0.1) is 13.2 Å². The predicted molar refractivity (Wildman–Crippen MR) is 85.2 cm³/mol. The molecule has 0 atom stereocenters. The third kappa shape index (κ3) is 4.20. The first kappa shape index (κ1) is 17.1. The first-order valence-corrected chi connectivity index (χ1v) is 7.63. The second kappa shape index (κ2) is 6.27. The van der Waals surface area contributed by atoms with E-state index in [-0.39, 0.29) is 5.75 Å². The van der Waals surface area contributed by atoms with E-state index in [1.54, 1.807) is 24.5 Å². The van der Waals surface area contributed by atoms with Crippen molar-refractivity contribution in [3.8, 4) is 5.75 Å². The highest BCUT2D eigenvalue weighted by atomic mass is 19.4. The third-order valence-electron chi connectivity index (χ3n) is 3.99. The van der Waals surface area contributed by atoms with E-state index in [1.807, 2.05) is 6.92 Å². The first-order valence-electron chi connectivity index (χ1n) is 7.63. The van der Waals surface area contributed by atoms with Crippen molar-refractivity contribution in [3.63, 3.8) is 0 Å². The number of anilines is 1. The van der Waals surface area contributed by atoms with E-state index in [2.05, 4.69) is 20.4 Å². The number of halogens is 3. The van der Waals surface area contributed by atoms with Crippen LogP contribution in [0.2, 0.25) is 0 Å². The zero-order valence-corrected chi connectivity index (χ0v) is 13.4. The van der Waals surface area contributed by atoms with Gasteiger partial charge in [-0.2, -0.15) is 0 Å². The number of aryl methyl sites for hydroxylation is 1. The Morgan fingerprint density at radius 1 is 1.28 bits per heavy atom. The van der Waals surface area contributed by atoms with Gasteiger partial charge in [0.15, 0.2) is 0 Å². The Bertz CT molecular complexity index is 789. The summed E-state index contributed by atoms with van der Waals surface area (Å²) in [6.07, 6.45) is -0.274. The Morgan fingerprint density at radius 3 is 2.68 bits per heavy atom. The minimum atomic E-state index is -4.75. The highest BCUT2D eigenvalue weighted by Gasteiger charge is 2.46. The summed E-state index contributed by atoms with van der Waals surface area (Å²) in [5.74, 6) is -0.302. The van der Waals surface area contributed by atoms with E-state index in [4.69, 9.17) is 0 Å². The van der Waals surface area contributed by atoms with Crippen LogP contribution in [0.3, 0.4) is 0 Å². The number of nitrogens with zero attached hydrogens (tertiary/aromatic N) is 1. The van der Waals surface area contributed by atoms with Crippen LogP contribution in [0.1, 0.15) is 24.0 Å². The van der Waals surface area contributed by atoms with E-state index >= 15 is 0 Å². The number of pyridine rings is 1. The van der Waals surface area contributed by atoms with Gasteiger partial charge in [0, 0.05) is 18.1 Å². The summed E-state index contributed by atoms with van der Waals surface area (Å²) in [6.45, 7) is 1.81. The van der Waals surface area contributed by atoms with E-state index in [0.717, 1.165) is 5.56 Å². The molecule has 1 heterocycles. The first-order chi connectivity index (χ1) is 11.8. The maximum Gasteiger partial charge on any atom is 0.573 e. The molecule has 25 heavy (non-hydrogen) atoms. The molecule has 0 aliphatic heterocycles. The molecule has 0 saturated heterocycles. The van der Waals surface area contributed by atoms with E-state index in [9.17, 15) is 18.0 Å². The third-order valence-corrected chi connectivity index (χ3v) is 3.99. The molecule has 1 saturated carbocycles. The van der Waals surface area contributed by atoms with Crippen molar-refractivity contribution in [2.24, 2.45) is 0 Å². The van der Waals surface area contributed by atoms with Gasteiger partial charge < -0.3 is 15.4 Å². The number of carbonyl (C=O) groups excluding carboxylic acids is 1. The van der Waals surface area contributed by atoms with Crippen LogP contribution >= 0.6 is 0 Å². The lowest BCUT2D eigenvalue weighted by molar-refractivity contribution is -0.274. The summed E-state index contributed by atoms with van der Waals surface area (Å²) in [5.41, 5.74) is 1.34. The smallest absolute Gasteiger partial charge is 0.406 e. The number of urea groups is 1. The Morgan fingerprint density at radius 2 is 2.04 bits per heavy atom.